The molecule has 0 aromatic heterocycles. The molecule has 0 saturated carbocycles. The van der Waals surface area contributed by atoms with Gasteiger partial charge >= 0.3 is 0 Å². The fraction of sp³-hybridized carbons (Fsp3) is 0.364. The Kier molecular flexibility index (Phi) is 2.67. The zero-order chi connectivity index (χ0) is 11.0. The molecule has 1 fully saturated rings. The van der Waals surface area contributed by atoms with Gasteiger partial charge in [-0.2, -0.15) is 0 Å². The normalized spacial score (nSPS) is 26.1. The zero-order valence-electron chi connectivity index (χ0n) is 8.48. The fourth-order valence-corrected chi connectivity index (χ4v) is 2.19. The Hall–Kier alpha value is -1.06. The van der Waals surface area contributed by atoms with Gasteiger partial charge in [-0.25, -0.2) is 0 Å². The third-order valence-corrected chi connectivity index (χ3v) is 3.08. The quantitative estimate of drug-likeness (QED) is 0.787. The van der Waals surface area contributed by atoms with Crippen LogP contribution in [0.15, 0.2) is 24.3 Å². The van der Waals surface area contributed by atoms with E-state index in [9.17, 15) is 4.79 Å². The van der Waals surface area contributed by atoms with Gasteiger partial charge in [-0.1, -0.05) is 23.7 Å². The number of carbonyl (C=O) groups excluding carboxylic acids is 1. The highest BCUT2D eigenvalue weighted by Gasteiger charge is 2.35. The van der Waals surface area contributed by atoms with Gasteiger partial charge in [0.1, 0.15) is 0 Å². The maximum Gasteiger partial charge on any atom is 0.239 e. The first-order valence-corrected chi connectivity index (χ1v) is 5.25. The monoisotopic (exact) mass is 224 g/mol. The minimum Gasteiger partial charge on any atom is -0.337 e. The van der Waals surface area contributed by atoms with Gasteiger partial charge in [0, 0.05) is 12.1 Å². The molecule has 0 bridgehead atoms. The number of hydrogen-bond donors (Lipinski definition) is 1. The lowest BCUT2D eigenvalue weighted by Crippen LogP contribution is -2.31. The lowest BCUT2D eigenvalue weighted by atomic mass is 10.0. The third-order valence-electron chi connectivity index (χ3n) is 2.84. The van der Waals surface area contributed by atoms with Gasteiger partial charge in [-0.15, -0.1) is 0 Å². The largest absolute Gasteiger partial charge is 0.337 e. The molecule has 1 saturated heterocycles. The van der Waals surface area contributed by atoms with Crippen molar-refractivity contribution >= 4 is 17.5 Å². The average Bonchev–Trinajstić information content (AvgIpc) is 2.46. The Bertz CT molecular complexity index is 394. The van der Waals surface area contributed by atoms with Gasteiger partial charge < -0.3 is 10.6 Å². The van der Waals surface area contributed by atoms with Crippen molar-refractivity contribution in [3.63, 3.8) is 0 Å². The van der Waals surface area contributed by atoms with Crippen molar-refractivity contribution in [1.29, 1.82) is 0 Å². The van der Waals surface area contributed by atoms with Gasteiger partial charge in [0.15, 0.2) is 0 Å². The fourth-order valence-electron chi connectivity index (χ4n) is 1.99. The number of nitrogens with two attached hydrogens (primary N) is 1. The van der Waals surface area contributed by atoms with E-state index in [1.54, 1.807) is 11.9 Å². The Balaban J connectivity index is 2.29. The van der Waals surface area contributed by atoms with Crippen LogP contribution in [-0.2, 0) is 4.79 Å². The van der Waals surface area contributed by atoms with E-state index in [2.05, 4.69) is 0 Å². The van der Waals surface area contributed by atoms with Crippen molar-refractivity contribution in [2.45, 2.75) is 18.5 Å². The number of benzene rings is 1. The molecule has 1 aliphatic heterocycles. The van der Waals surface area contributed by atoms with Crippen LogP contribution in [0.2, 0.25) is 5.02 Å². The molecule has 1 amide bonds. The smallest absolute Gasteiger partial charge is 0.239 e. The molecule has 1 aromatic rings. The van der Waals surface area contributed by atoms with E-state index >= 15 is 0 Å². The molecule has 1 aromatic carbocycles. The topological polar surface area (TPSA) is 46.3 Å². The van der Waals surface area contributed by atoms with Crippen LogP contribution in [0, 0.1) is 0 Å². The minimum absolute atomic E-state index is 0.0000227. The molecule has 0 spiro atoms. The summed E-state index contributed by atoms with van der Waals surface area (Å²) in [6.45, 7) is 0. The summed E-state index contributed by atoms with van der Waals surface area (Å²) >= 11 is 5.91. The number of likely N-dealkylation sites (tertiary alicyclic amines) is 1. The molecular formula is C11H13ClN2O. The number of halogens is 1. The van der Waals surface area contributed by atoms with E-state index in [1.165, 1.54) is 0 Å². The molecule has 2 rings (SSSR count). The molecular weight excluding hydrogens is 212 g/mol. The molecule has 0 radical (unpaired) electrons. The maximum atomic E-state index is 11.5. The minimum atomic E-state index is -0.376. The summed E-state index contributed by atoms with van der Waals surface area (Å²) in [7, 11) is 1.78. The lowest BCUT2D eigenvalue weighted by molar-refractivity contribution is -0.128. The van der Waals surface area contributed by atoms with Crippen molar-refractivity contribution < 1.29 is 4.79 Å². The van der Waals surface area contributed by atoms with E-state index in [0.717, 1.165) is 5.56 Å². The summed E-state index contributed by atoms with van der Waals surface area (Å²) < 4.78 is 0. The summed E-state index contributed by atoms with van der Waals surface area (Å²) in [5, 5.41) is 0.689. The number of carbonyl (C=O) groups is 1. The molecule has 15 heavy (non-hydrogen) atoms. The molecule has 4 heteroatoms. The highest BCUT2D eigenvalue weighted by molar-refractivity contribution is 6.30. The lowest BCUT2D eigenvalue weighted by Gasteiger charge is -2.19. The van der Waals surface area contributed by atoms with Crippen LogP contribution in [0.3, 0.4) is 0 Å². The van der Waals surface area contributed by atoms with Crippen molar-refractivity contribution in [3.8, 4) is 0 Å². The van der Waals surface area contributed by atoms with E-state index < -0.39 is 0 Å². The Labute approximate surface area is 93.8 Å². The molecule has 0 aliphatic carbocycles. The van der Waals surface area contributed by atoms with Crippen LogP contribution in [-0.4, -0.2) is 23.9 Å². The van der Waals surface area contributed by atoms with Crippen molar-refractivity contribution in [2.75, 3.05) is 7.05 Å². The number of rotatable bonds is 1. The summed E-state index contributed by atoms with van der Waals surface area (Å²) in [4.78, 5) is 13.2. The van der Waals surface area contributed by atoms with Crippen molar-refractivity contribution in [1.82, 2.24) is 4.90 Å². The molecule has 1 aliphatic rings. The second-order valence-corrected chi connectivity index (χ2v) is 4.30. The van der Waals surface area contributed by atoms with Crippen LogP contribution >= 0.6 is 11.6 Å². The van der Waals surface area contributed by atoms with E-state index in [4.69, 9.17) is 17.3 Å². The van der Waals surface area contributed by atoms with E-state index in [-0.39, 0.29) is 18.0 Å². The Morgan fingerprint density at radius 3 is 2.80 bits per heavy atom. The van der Waals surface area contributed by atoms with Crippen molar-refractivity contribution in [2.24, 2.45) is 5.73 Å². The highest BCUT2D eigenvalue weighted by atomic mass is 35.5. The first kappa shape index (κ1) is 10.5. The molecule has 3 nitrogen and oxygen atoms in total. The van der Waals surface area contributed by atoms with Gasteiger partial charge in [0.25, 0.3) is 0 Å². The second kappa shape index (κ2) is 3.83. The summed E-state index contributed by atoms with van der Waals surface area (Å²) in [6, 6.07) is 7.25. The summed E-state index contributed by atoms with van der Waals surface area (Å²) in [5.74, 6) is -0.0000227. The maximum absolute atomic E-state index is 11.5. The van der Waals surface area contributed by atoms with Crippen LogP contribution in [0.4, 0.5) is 0 Å². The number of hydrogen-bond acceptors (Lipinski definition) is 2. The molecule has 1 heterocycles. The Morgan fingerprint density at radius 1 is 1.53 bits per heavy atom. The second-order valence-electron chi connectivity index (χ2n) is 3.86. The van der Waals surface area contributed by atoms with Crippen LogP contribution in [0.25, 0.3) is 0 Å². The van der Waals surface area contributed by atoms with Gasteiger partial charge in [0.05, 0.1) is 12.1 Å². The predicted molar refractivity (Wildman–Crippen MR) is 59.6 cm³/mol. The molecule has 2 atom stereocenters. The molecule has 2 N–H and O–H groups in total. The van der Waals surface area contributed by atoms with Crippen LogP contribution in [0.5, 0.6) is 0 Å². The standard InChI is InChI=1S/C11H13ClN2O/c1-14-10(6-9(13)11(14)15)7-3-2-4-8(12)5-7/h2-5,9-10H,6,13H2,1H3/t9-,10-/m1/s1. The zero-order valence-corrected chi connectivity index (χ0v) is 9.24. The summed E-state index contributed by atoms with van der Waals surface area (Å²) in [6.07, 6.45) is 0.662. The number of likely N-dealkylation sites (N-methyl/N-ethyl adjacent to an activating group) is 1. The highest BCUT2D eigenvalue weighted by Crippen LogP contribution is 2.31. The SMILES string of the molecule is CN1C(=O)[C@H](N)C[C@@H]1c1cccc(Cl)c1. The first-order valence-electron chi connectivity index (χ1n) is 4.87. The van der Waals surface area contributed by atoms with Gasteiger partial charge in [-0.05, 0) is 24.1 Å². The first-order chi connectivity index (χ1) is 7.09. The summed E-state index contributed by atoms with van der Waals surface area (Å²) in [5.41, 5.74) is 6.76. The van der Waals surface area contributed by atoms with Crippen molar-refractivity contribution in [3.05, 3.63) is 34.9 Å². The number of amides is 1. The predicted octanol–water partition coefficient (Wildman–Crippen LogP) is 1.57. The third kappa shape index (κ3) is 1.85. The van der Waals surface area contributed by atoms with Crippen LogP contribution < -0.4 is 5.73 Å². The molecule has 0 unspecified atom stereocenters. The van der Waals surface area contributed by atoms with Gasteiger partial charge in [0.2, 0.25) is 5.91 Å². The van der Waals surface area contributed by atoms with E-state index in [1.807, 2.05) is 24.3 Å². The molecule has 80 valence electrons. The van der Waals surface area contributed by atoms with E-state index in [0.29, 0.717) is 11.4 Å². The van der Waals surface area contributed by atoms with Crippen LogP contribution in [0.1, 0.15) is 18.0 Å². The van der Waals surface area contributed by atoms with Gasteiger partial charge in [-0.3, -0.25) is 4.79 Å². The number of nitrogens with zero attached hydrogens (tertiary/aromatic N) is 1. The Morgan fingerprint density at radius 2 is 2.27 bits per heavy atom. The average molecular weight is 225 g/mol.